The maximum absolute atomic E-state index is 12.9. The van der Waals surface area contributed by atoms with E-state index < -0.39 is 0 Å². The molecule has 0 saturated carbocycles. The maximum Gasteiger partial charge on any atom is 0.255 e. The predicted octanol–water partition coefficient (Wildman–Crippen LogP) is 5.41. The minimum Gasteiger partial charge on any atom is -0.494 e. The van der Waals surface area contributed by atoms with Gasteiger partial charge in [-0.15, -0.1) is 11.8 Å². The van der Waals surface area contributed by atoms with Gasteiger partial charge in [-0.05, 0) is 48.4 Å². The summed E-state index contributed by atoms with van der Waals surface area (Å²) in [5.74, 6) is 1.82. The molecule has 1 saturated heterocycles. The predicted molar refractivity (Wildman–Crippen MR) is 105 cm³/mol. The lowest BCUT2D eigenvalue weighted by Crippen LogP contribution is -2.30. The minimum absolute atomic E-state index is 0.0465. The van der Waals surface area contributed by atoms with Crippen LogP contribution in [0.15, 0.2) is 48.5 Å². The molecule has 1 heterocycles. The molecule has 2 aromatic rings. The summed E-state index contributed by atoms with van der Waals surface area (Å²) in [5.41, 5.74) is 1.81. The Labute approximate surface area is 158 Å². The van der Waals surface area contributed by atoms with E-state index in [-0.39, 0.29) is 11.3 Å². The van der Waals surface area contributed by atoms with E-state index in [2.05, 4.69) is 6.92 Å². The number of halogens is 1. The van der Waals surface area contributed by atoms with Crippen molar-refractivity contribution >= 4 is 29.3 Å². The van der Waals surface area contributed by atoms with E-state index in [0.29, 0.717) is 17.2 Å². The van der Waals surface area contributed by atoms with Gasteiger partial charge in [-0.2, -0.15) is 0 Å². The molecule has 3 rings (SSSR count). The summed E-state index contributed by atoms with van der Waals surface area (Å²) in [5, 5.41) is 0.758. The van der Waals surface area contributed by atoms with Gasteiger partial charge in [0.15, 0.2) is 0 Å². The van der Waals surface area contributed by atoms with E-state index in [9.17, 15) is 4.79 Å². The van der Waals surface area contributed by atoms with Crippen LogP contribution in [0.2, 0.25) is 5.02 Å². The van der Waals surface area contributed by atoms with Crippen LogP contribution in [0, 0.1) is 0 Å². The summed E-state index contributed by atoms with van der Waals surface area (Å²) in [6.07, 6.45) is 2.14. The van der Waals surface area contributed by atoms with Crippen molar-refractivity contribution in [3.8, 4) is 5.75 Å². The number of ether oxygens (including phenoxy) is 1. The summed E-state index contributed by atoms with van der Waals surface area (Å²) in [4.78, 5) is 14.8. The Balaban J connectivity index is 1.69. The number of amides is 1. The summed E-state index contributed by atoms with van der Waals surface area (Å²) in [6.45, 7) is 3.60. The number of carbonyl (C=O) groups excluding carboxylic acids is 1. The molecule has 0 radical (unpaired) electrons. The molecular weight excluding hydrogens is 354 g/mol. The Morgan fingerprint density at radius 3 is 2.60 bits per heavy atom. The van der Waals surface area contributed by atoms with E-state index in [0.717, 1.165) is 36.5 Å². The van der Waals surface area contributed by atoms with E-state index in [1.54, 1.807) is 11.8 Å². The highest BCUT2D eigenvalue weighted by Gasteiger charge is 2.31. The zero-order valence-corrected chi connectivity index (χ0v) is 15.9. The number of hydrogen-bond donors (Lipinski definition) is 0. The molecule has 0 spiro atoms. The first-order valence-electron chi connectivity index (χ1n) is 8.60. The van der Waals surface area contributed by atoms with Crippen molar-refractivity contribution in [3.05, 3.63) is 64.7 Å². The zero-order chi connectivity index (χ0) is 17.6. The molecule has 5 heteroatoms. The largest absolute Gasteiger partial charge is 0.494 e. The highest BCUT2D eigenvalue weighted by atomic mass is 35.5. The average molecular weight is 376 g/mol. The fourth-order valence-electron chi connectivity index (χ4n) is 2.78. The van der Waals surface area contributed by atoms with E-state index in [4.69, 9.17) is 16.3 Å². The van der Waals surface area contributed by atoms with Crippen LogP contribution in [0.4, 0.5) is 0 Å². The molecule has 1 aliphatic heterocycles. The van der Waals surface area contributed by atoms with E-state index >= 15 is 0 Å². The lowest BCUT2D eigenvalue weighted by Gasteiger charge is -2.24. The molecule has 1 amide bonds. The molecule has 1 aliphatic rings. The molecule has 0 aromatic heterocycles. The molecule has 1 atom stereocenters. The molecule has 0 bridgehead atoms. The quantitative estimate of drug-likeness (QED) is 0.632. The zero-order valence-electron chi connectivity index (χ0n) is 14.3. The highest BCUT2D eigenvalue weighted by molar-refractivity contribution is 7.99. The van der Waals surface area contributed by atoms with Gasteiger partial charge in [0.2, 0.25) is 0 Å². The Morgan fingerprint density at radius 2 is 1.92 bits per heavy atom. The first-order chi connectivity index (χ1) is 12.2. The van der Waals surface area contributed by atoms with Gasteiger partial charge in [0, 0.05) is 22.9 Å². The number of hydrogen-bond acceptors (Lipinski definition) is 3. The van der Waals surface area contributed by atoms with Crippen LogP contribution < -0.4 is 4.74 Å². The fraction of sp³-hybridized carbons (Fsp3) is 0.350. The first-order valence-corrected chi connectivity index (χ1v) is 10.0. The third-order valence-electron chi connectivity index (χ3n) is 4.17. The van der Waals surface area contributed by atoms with Gasteiger partial charge in [0.05, 0.1) is 6.61 Å². The van der Waals surface area contributed by atoms with Crippen molar-refractivity contribution < 1.29 is 9.53 Å². The molecule has 0 N–H and O–H groups in total. The van der Waals surface area contributed by atoms with Crippen LogP contribution in [-0.4, -0.2) is 29.7 Å². The number of unbranched alkanes of at least 4 members (excludes halogenated alkanes) is 1. The Morgan fingerprint density at radius 1 is 1.20 bits per heavy atom. The Bertz CT molecular complexity index is 703. The van der Waals surface area contributed by atoms with Crippen LogP contribution >= 0.6 is 23.4 Å². The standard InChI is InChI=1S/C20H22ClNO2S/c1-2-3-13-24-18-10-6-15(7-11-18)19(23)22-12-14-25-20(22)16-4-8-17(21)9-5-16/h4-11,20H,2-3,12-14H2,1H3. The topological polar surface area (TPSA) is 29.5 Å². The second kappa shape index (κ2) is 8.63. The second-order valence-corrected chi connectivity index (χ2v) is 7.62. The van der Waals surface area contributed by atoms with Crippen molar-refractivity contribution in [2.45, 2.75) is 25.1 Å². The molecule has 0 aliphatic carbocycles. The minimum atomic E-state index is 0.0465. The first kappa shape index (κ1) is 18.2. The molecule has 1 unspecified atom stereocenters. The highest BCUT2D eigenvalue weighted by Crippen LogP contribution is 2.39. The van der Waals surface area contributed by atoms with Crippen LogP contribution in [0.1, 0.15) is 41.1 Å². The number of nitrogens with zero attached hydrogens (tertiary/aromatic N) is 1. The number of rotatable bonds is 6. The summed E-state index contributed by atoms with van der Waals surface area (Å²) < 4.78 is 5.67. The van der Waals surface area contributed by atoms with Crippen LogP contribution in [0.3, 0.4) is 0 Å². The Kier molecular flexibility index (Phi) is 6.27. The van der Waals surface area contributed by atoms with Gasteiger partial charge in [-0.3, -0.25) is 4.79 Å². The van der Waals surface area contributed by atoms with Crippen molar-refractivity contribution in [1.82, 2.24) is 4.90 Å². The SMILES string of the molecule is CCCCOc1ccc(C(=O)N2CCSC2c2ccc(Cl)cc2)cc1. The number of carbonyl (C=O) groups is 1. The number of benzene rings is 2. The smallest absolute Gasteiger partial charge is 0.255 e. The van der Waals surface area contributed by atoms with Crippen molar-refractivity contribution in [3.63, 3.8) is 0 Å². The molecule has 1 fully saturated rings. The van der Waals surface area contributed by atoms with Gasteiger partial charge >= 0.3 is 0 Å². The third-order valence-corrected chi connectivity index (χ3v) is 5.69. The van der Waals surface area contributed by atoms with Crippen LogP contribution in [0.5, 0.6) is 5.75 Å². The molecule has 2 aromatic carbocycles. The summed E-state index contributed by atoms with van der Waals surface area (Å²) in [7, 11) is 0. The molecule has 25 heavy (non-hydrogen) atoms. The van der Waals surface area contributed by atoms with Crippen molar-refractivity contribution in [2.75, 3.05) is 18.9 Å². The van der Waals surface area contributed by atoms with Gasteiger partial charge in [-0.1, -0.05) is 37.1 Å². The maximum atomic E-state index is 12.9. The molecule has 3 nitrogen and oxygen atoms in total. The van der Waals surface area contributed by atoms with Crippen LogP contribution in [0.25, 0.3) is 0 Å². The van der Waals surface area contributed by atoms with E-state index in [1.807, 2.05) is 53.4 Å². The van der Waals surface area contributed by atoms with Crippen LogP contribution in [-0.2, 0) is 0 Å². The fourth-order valence-corrected chi connectivity index (χ4v) is 4.16. The van der Waals surface area contributed by atoms with Gasteiger partial charge in [0.25, 0.3) is 5.91 Å². The van der Waals surface area contributed by atoms with Gasteiger partial charge in [-0.25, -0.2) is 0 Å². The monoisotopic (exact) mass is 375 g/mol. The lowest BCUT2D eigenvalue weighted by molar-refractivity contribution is 0.0760. The normalized spacial score (nSPS) is 16.9. The van der Waals surface area contributed by atoms with Crippen molar-refractivity contribution in [2.24, 2.45) is 0 Å². The third kappa shape index (κ3) is 4.50. The Hall–Kier alpha value is -1.65. The molecule has 132 valence electrons. The van der Waals surface area contributed by atoms with Gasteiger partial charge in [0.1, 0.15) is 11.1 Å². The number of thioether (sulfide) groups is 1. The van der Waals surface area contributed by atoms with Gasteiger partial charge < -0.3 is 9.64 Å². The summed E-state index contributed by atoms with van der Waals surface area (Å²) in [6, 6.07) is 15.2. The average Bonchev–Trinajstić information content (AvgIpc) is 3.12. The second-order valence-electron chi connectivity index (χ2n) is 6.00. The lowest BCUT2D eigenvalue weighted by atomic mass is 10.1. The van der Waals surface area contributed by atoms with Crippen molar-refractivity contribution in [1.29, 1.82) is 0 Å². The summed E-state index contributed by atoms with van der Waals surface area (Å²) >= 11 is 7.76. The van der Waals surface area contributed by atoms with E-state index in [1.165, 1.54) is 0 Å². The molecular formula is C20H22ClNO2S.